The van der Waals surface area contributed by atoms with Gasteiger partial charge in [0.2, 0.25) is 5.75 Å². The molecule has 0 atom stereocenters. The molecule has 12 heteroatoms. The van der Waals surface area contributed by atoms with E-state index >= 15 is 0 Å². The minimum absolute atomic E-state index is 0.171. The average Bonchev–Trinajstić information content (AvgIpc) is 3.24. The summed E-state index contributed by atoms with van der Waals surface area (Å²) in [6.07, 6.45) is 5.05. The normalized spacial score (nSPS) is 12.5. The van der Waals surface area contributed by atoms with Crippen LogP contribution in [0.25, 0.3) is 6.08 Å². The van der Waals surface area contributed by atoms with Crippen molar-refractivity contribution >= 4 is 39.7 Å². The van der Waals surface area contributed by atoms with Gasteiger partial charge in [0.15, 0.2) is 0 Å². The largest absolute Gasteiger partial charge is 0.450 e. The highest BCUT2D eigenvalue weighted by Crippen LogP contribution is 2.38. The number of hydrogen-bond acceptors (Lipinski definition) is 9. The Hall–Kier alpha value is -5.07. The molecule has 0 spiro atoms. The van der Waals surface area contributed by atoms with Gasteiger partial charge in [0.1, 0.15) is 28.5 Å². The van der Waals surface area contributed by atoms with Gasteiger partial charge in [0.25, 0.3) is 11.6 Å². The minimum atomic E-state index is -0.779. The van der Waals surface area contributed by atoms with Crippen LogP contribution in [-0.4, -0.2) is 15.8 Å². The van der Waals surface area contributed by atoms with Gasteiger partial charge in [0, 0.05) is 10.9 Å². The number of nitro benzene ring substituents is 2. The van der Waals surface area contributed by atoms with Crippen LogP contribution >= 0.6 is 11.3 Å². The SMILES string of the molecule is N#C/C(=C\c1ccc(Oc2ccc([N+](=O)[O-])cc2[N+](=O)[O-])cc1)C(=O)Nc1sc2c(c1C#N)CCCC2. The van der Waals surface area contributed by atoms with Crippen LogP contribution in [0.15, 0.2) is 48.0 Å². The molecule has 1 heterocycles. The zero-order valence-electron chi connectivity index (χ0n) is 19.1. The molecule has 0 saturated heterocycles. The van der Waals surface area contributed by atoms with E-state index in [2.05, 4.69) is 11.4 Å². The van der Waals surface area contributed by atoms with E-state index in [4.69, 9.17) is 4.74 Å². The van der Waals surface area contributed by atoms with Gasteiger partial charge in [-0.15, -0.1) is 11.3 Å². The third-order valence-corrected chi connectivity index (χ3v) is 6.85. The summed E-state index contributed by atoms with van der Waals surface area (Å²) in [5.74, 6) is -0.609. The fourth-order valence-electron chi connectivity index (χ4n) is 3.87. The van der Waals surface area contributed by atoms with Crippen molar-refractivity contribution in [2.24, 2.45) is 0 Å². The Morgan fingerprint density at radius 2 is 1.78 bits per heavy atom. The van der Waals surface area contributed by atoms with E-state index in [1.54, 1.807) is 12.1 Å². The van der Waals surface area contributed by atoms with Crippen molar-refractivity contribution in [1.82, 2.24) is 0 Å². The van der Waals surface area contributed by atoms with E-state index < -0.39 is 27.1 Å². The lowest BCUT2D eigenvalue weighted by atomic mass is 9.96. The van der Waals surface area contributed by atoms with E-state index in [0.29, 0.717) is 16.1 Å². The Bertz CT molecular complexity index is 1530. The summed E-state index contributed by atoms with van der Waals surface area (Å²) < 4.78 is 5.53. The maximum absolute atomic E-state index is 12.8. The molecular weight excluding hydrogens is 498 g/mol. The van der Waals surface area contributed by atoms with Crippen LogP contribution in [0.5, 0.6) is 11.5 Å². The van der Waals surface area contributed by atoms with Crippen LogP contribution in [0, 0.1) is 42.9 Å². The van der Waals surface area contributed by atoms with Gasteiger partial charge in [-0.2, -0.15) is 10.5 Å². The molecule has 1 amide bonds. The van der Waals surface area contributed by atoms with Crippen LogP contribution in [0.3, 0.4) is 0 Å². The minimum Gasteiger partial charge on any atom is -0.450 e. The van der Waals surface area contributed by atoms with E-state index in [0.717, 1.165) is 54.3 Å². The number of carbonyl (C=O) groups is 1. The number of anilines is 1. The molecule has 184 valence electrons. The zero-order valence-corrected chi connectivity index (χ0v) is 19.9. The highest BCUT2D eigenvalue weighted by atomic mass is 32.1. The van der Waals surface area contributed by atoms with Crippen molar-refractivity contribution < 1.29 is 19.4 Å². The molecule has 0 radical (unpaired) electrons. The van der Waals surface area contributed by atoms with Gasteiger partial charge in [0.05, 0.1) is 21.5 Å². The van der Waals surface area contributed by atoms with Crippen molar-refractivity contribution in [2.45, 2.75) is 25.7 Å². The lowest BCUT2D eigenvalue weighted by Crippen LogP contribution is -2.13. The molecule has 11 nitrogen and oxygen atoms in total. The quantitative estimate of drug-likeness (QED) is 0.182. The molecule has 1 aliphatic rings. The number of benzene rings is 2. The summed E-state index contributed by atoms with van der Waals surface area (Å²) in [5, 5.41) is 44.4. The van der Waals surface area contributed by atoms with Crippen molar-refractivity contribution in [3.8, 4) is 23.6 Å². The molecule has 2 aromatic carbocycles. The Kier molecular flexibility index (Phi) is 7.23. The molecule has 0 aliphatic heterocycles. The first-order valence-corrected chi connectivity index (χ1v) is 11.8. The predicted molar refractivity (Wildman–Crippen MR) is 134 cm³/mol. The smallest absolute Gasteiger partial charge is 0.318 e. The standard InChI is InChI=1S/C25H17N5O6S/c26-13-16(24(31)28-25-20(14-27)19-3-1-2-4-23(19)37-25)11-15-5-8-18(9-6-15)36-22-10-7-17(29(32)33)12-21(22)30(34)35/h5-12H,1-4H2,(H,28,31)/b16-11+. The molecule has 0 saturated carbocycles. The average molecular weight is 516 g/mol. The van der Waals surface area contributed by atoms with Crippen molar-refractivity contribution in [3.05, 3.63) is 89.8 Å². The number of hydrogen-bond donors (Lipinski definition) is 1. The Morgan fingerprint density at radius 1 is 1.05 bits per heavy atom. The summed E-state index contributed by atoms with van der Waals surface area (Å²) in [7, 11) is 0. The summed E-state index contributed by atoms with van der Waals surface area (Å²) in [5.41, 5.74) is 0.741. The van der Waals surface area contributed by atoms with Gasteiger partial charge < -0.3 is 10.1 Å². The first-order chi connectivity index (χ1) is 17.8. The fraction of sp³-hybridized carbons (Fsp3) is 0.160. The molecular formula is C25H17N5O6S. The molecule has 0 fully saturated rings. The number of nitrogens with one attached hydrogen (secondary N) is 1. The molecule has 0 bridgehead atoms. The highest BCUT2D eigenvalue weighted by molar-refractivity contribution is 7.16. The Balaban J connectivity index is 1.51. The lowest BCUT2D eigenvalue weighted by molar-refractivity contribution is -0.394. The van der Waals surface area contributed by atoms with Crippen LogP contribution in [0.2, 0.25) is 0 Å². The van der Waals surface area contributed by atoms with Crippen LogP contribution in [-0.2, 0) is 17.6 Å². The maximum Gasteiger partial charge on any atom is 0.318 e. The topological polar surface area (TPSA) is 172 Å². The number of nitrogens with zero attached hydrogens (tertiary/aromatic N) is 4. The number of ether oxygens (including phenoxy) is 1. The number of rotatable bonds is 7. The number of thiophene rings is 1. The zero-order chi connectivity index (χ0) is 26.5. The first-order valence-electron chi connectivity index (χ1n) is 11.0. The number of nitro groups is 2. The van der Waals surface area contributed by atoms with Gasteiger partial charge in [-0.3, -0.25) is 25.0 Å². The Morgan fingerprint density at radius 3 is 2.43 bits per heavy atom. The van der Waals surface area contributed by atoms with E-state index in [1.165, 1.54) is 29.5 Å². The molecule has 1 aromatic heterocycles. The van der Waals surface area contributed by atoms with Gasteiger partial charge >= 0.3 is 5.69 Å². The van der Waals surface area contributed by atoms with E-state index in [9.17, 15) is 35.5 Å². The van der Waals surface area contributed by atoms with Crippen LogP contribution in [0.4, 0.5) is 16.4 Å². The summed E-state index contributed by atoms with van der Waals surface area (Å²) in [4.78, 5) is 34.5. The summed E-state index contributed by atoms with van der Waals surface area (Å²) in [6, 6.07) is 13.1. The van der Waals surface area contributed by atoms with Gasteiger partial charge in [-0.1, -0.05) is 12.1 Å². The first kappa shape index (κ1) is 25.0. The molecule has 37 heavy (non-hydrogen) atoms. The predicted octanol–water partition coefficient (Wildman–Crippen LogP) is 5.65. The second kappa shape index (κ2) is 10.7. The number of carbonyl (C=O) groups excluding carboxylic acids is 1. The van der Waals surface area contributed by atoms with Crippen LogP contribution in [0.1, 0.15) is 34.4 Å². The van der Waals surface area contributed by atoms with Crippen molar-refractivity contribution in [2.75, 3.05) is 5.32 Å². The van der Waals surface area contributed by atoms with E-state index in [-0.39, 0.29) is 17.1 Å². The Labute approximate surface area is 214 Å². The number of nitriles is 2. The number of amides is 1. The number of aryl methyl sites for hydroxylation is 1. The monoisotopic (exact) mass is 515 g/mol. The lowest BCUT2D eigenvalue weighted by Gasteiger charge is -2.09. The van der Waals surface area contributed by atoms with Crippen molar-refractivity contribution in [3.63, 3.8) is 0 Å². The van der Waals surface area contributed by atoms with Crippen molar-refractivity contribution in [1.29, 1.82) is 10.5 Å². The second-order valence-corrected chi connectivity index (χ2v) is 9.09. The van der Waals surface area contributed by atoms with Gasteiger partial charge in [-0.25, -0.2) is 0 Å². The molecule has 0 unspecified atom stereocenters. The fourth-order valence-corrected chi connectivity index (χ4v) is 5.10. The number of fused-ring (bicyclic) bond motifs is 1. The highest BCUT2D eigenvalue weighted by Gasteiger charge is 2.23. The molecule has 1 N–H and O–H groups in total. The maximum atomic E-state index is 12.8. The number of non-ortho nitro benzene ring substituents is 1. The molecule has 1 aliphatic carbocycles. The molecule has 4 rings (SSSR count). The summed E-state index contributed by atoms with van der Waals surface area (Å²) >= 11 is 1.36. The summed E-state index contributed by atoms with van der Waals surface area (Å²) in [6.45, 7) is 0. The van der Waals surface area contributed by atoms with E-state index in [1.807, 2.05) is 6.07 Å². The third-order valence-electron chi connectivity index (χ3n) is 5.64. The van der Waals surface area contributed by atoms with Gasteiger partial charge in [-0.05, 0) is 61.1 Å². The molecule has 3 aromatic rings. The van der Waals surface area contributed by atoms with Crippen LogP contribution < -0.4 is 10.1 Å². The third kappa shape index (κ3) is 5.45. The second-order valence-electron chi connectivity index (χ2n) is 7.99.